The molecule has 2 N–H and O–H groups in total. The number of nitrogens with zero attached hydrogens (tertiary/aromatic N) is 2. The summed E-state index contributed by atoms with van der Waals surface area (Å²) < 4.78 is 2.12. The van der Waals surface area contributed by atoms with Gasteiger partial charge in [-0.05, 0) is 50.5 Å². The maximum atomic E-state index is 13.0. The minimum Gasteiger partial charge on any atom is -0.397 e. The topological polar surface area (TPSA) is 51.3 Å². The Kier molecular flexibility index (Phi) is 2.79. The monoisotopic (exact) mass is 273 g/mol. The van der Waals surface area contributed by atoms with E-state index in [-0.39, 0.29) is 5.91 Å². The van der Waals surface area contributed by atoms with Gasteiger partial charge in [0.15, 0.2) is 0 Å². The molecule has 3 aliphatic rings. The second kappa shape index (κ2) is 4.54. The summed E-state index contributed by atoms with van der Waals surface area (Å²) in [5, 5.41) is 0. The summed E-state index contributed by atoms with van der Waals surface area (Å²) in [6.45, 7) is 0.926. The Morgan fingerprint density at radius 1 is 1.15 bits per heavy atom. The van der Waals surface area contributed by atoms with Gasteiger partial charge in [-0.15, -0.1) is 0 Å². The fourth-order valence-corrected chi connectivity index (χ4v) is 4.18. The molecular formula is C16H23N3O. The van der Waals surface area contributed by atoms with Crippen LogP contribution >= 0.6 is 0 Å². The first kappa shape index (κ1) is 12.3. The van der Waals surface area contributed by atoms with E-state index in [0.717, 1.165) is 30.3 Å². The van der Waals surface area contributed by atoms with Crippen LogP contribution in [0.3, 0.4) is 0 Å². The number of hydrogen-bond donors (Lipinski definition) is 1. The van der Waals surface area contributed by atoms with Crippen molar-refractivity contribution in [3.05, 3.63) is 18.0 Å². The van der Waals surface area contributed by atoms with Gasteiger partial charge in [-0.2, -0.15) is 0 Å². The lowest BCUT2D eigenvalue weighted by Gasteiger charge is -2.38. The van der Waals surface area contributed by atoms with Crippen LogP contribution in [0.15, 0.2) is 12.3 Å². The van der Waals surface area contributed by atoms with Crippen LogP contribution in [-0.4, -0.2) is 28.0 Å². The third kappa shape index (κ3) is 1.93. The smallest absolute Gasteiger partial charge is 0.270 e. The van der Waals surface area contributed by atoms with E-state index < -0.39 is 0 Å². The lowest BCUT2D eigenvalue weighted by molar-refractivity contribution is 0.0537. The number of amides is 1. The van der Waals surface area contributed by atoms with Gasteiger partial charge >= 0.3 is 0 Å². The van der Waals surface area contributed by atoms with Crippen molar-refractivity contribution < 1.29 is 4.79 Å². The summed E-state index contributed by atoms with van der Waals surface area (Å²) in [5.41, 5.74) is 7.47. The maximum absolute atomic E-state index is 13.0. The van der Waals surface area contributed by atoms with Gasteiger partial charge in [-0.1, -0.05) is 6.42 Å². The summed E-state index contributed by atoms with van der Waals surface area (Å²) in [7, 11) is 0. The fraction of sp³-hybridized carbons (Fsp3) is 0.688. The first-order valence-corrected chi connectivity index (χ1v) is 8.02. The predicted octanol–water partition coefficient (Wildman–Crippen LogP) is 2.81. The molecule has 2 saturated carbocycles. The van der Waals surface area contributed by atoms with Gasteiger partial charge in [-0.25, -0.2) is 0 Å². The highest BCUT2D eigenvalue weighted by Crippen LogP contribution is 2.40. The van der Waals surface area contributed by atoms with E-state index in [9.17, 15) is 4.79 Å². The van der Waals surface area contributed by atoms with Crippen LogP contribution in [-0.2, 0) is 0 Å². The molecule has 2 unspecified atom stereocenters. The van der Waals surface area contributed by atoms with E-state index in [4.69, 9.17) is 5.73 Å². The Hall–Kier alpha value is -1.45. The largest absolute Gasteiger partial charge is 0.397 e. The zero-order valence-corrected chi connectivity index (χ0v) is 11.9. The molecule has 0 radical (unpaired) electrons. The molecule has 4 rings (SSSR count). The molecule has 1 amide bonds. The highest BCUT2D eigenvalue weighted by molar-refractivity contribution is 5.94. The predicted molar refractivity (Wildman–Crippen MR) is 78.5 cm³/mol. The average Bonchev–Trinajstić information content (AvgIpc) is 3.05. The van der Waals surface area contributed by atoms with E-state index in [0.29, 0.717) is 12.1 Å². The third-order valence-corrected chi connectivity index (χ3v) is 5.28. The number of nitrogens with two attached hydrogens (primary N) is 1. The summed E-state index contributed by atoms with van der Waals surface area (Å²) in [5.74, 6) is 0.958. The van der Waals surface area contributed by atoms with Crippen LogP contribution in [0.2, 0.25) is 0 Å². The number of fused-ring (bicyclic) bond motifs is 1. The molecule has 1 aromatic heterocycles. The molecule has 2 heterocycles. The Labute approximate surface area is 119 Å². The molecular weight excluding hydrogens is 250 g/mol. The number of rotatable bonds is 2. The number of carbonyl (C=O) groups is 1. The Morgan fingerprint density at radius 3 is 2.75 bits per heavy atom. The normalized spacial score (nSPS) is 29.5. The van der Waals surface area contributed by atoms with Gasteiger partial charge in [0.2, 0.25) is 0 Å². The van der Waals surface area contributed by atoms with Gasteiger partial charge in [0.05, 0.1) is 5.69 Å². The van der Waals surface area contributed by atoms with E-state index in [2.05, 4.69) is 9.47 Å². The van der Waals surface area contributed by atoms with Gasteiger partial charge in [0.25, 0.3) is 5.91 Å². The average molecular weight is 273 g/mol. The van der Waals surface area contributed by atoms with Crippen LogP contribution in [0.1, 0.15) is 61.5 Å². The van der Waals surface area contributed by atoms with E-state index >= 15 is 0 Å². The molecule has 20 heavy (non-hydrogen) atoms. The molecule has 2 atom stereocenters. The van der Waals surface area contributed by atoms with Crippen molar-refractivity contribution in [3.8, 4) is 0 Å². The molecule has 4 nitrogen and oxygen atoms in total. The summed E-state index contributed by atoms with van der Waals surface area (Å²) >= 11 is 0. The zero-order valence-electron chi connectivity index (χ0n) is 11.9. The third-order valence-electron chi connectivity index (χ3n) is 5.28. The lowest BCUT2D eigenvalue weighted by Crippen LogP contribution is -2.46. The van der Waals surface area contributed by atoms with E-state index in [1.54, 1.807) is 0 Å². The number of anilines is 1. The van der Waals surface area contributed by atoms with Gasteiger partial charge in [-0.3, -0.25) is 4.79 Å². The van der Waals surface area contributed by atoms with Crippen molar-refractivity contribution in [3.63, 3.8) is 0 Å². The maximum Gasteiger partial charge on any atom is 0.270 e. The number of piperidine rings is 1. The summed E-state index contributed by atoms with van der Waals surface area (Å²) in [6.07, 6.45) is 10.6. The minimum atomic E-state index is 0.213. The Balaban J connectivity index is 1.63. The molecule has 0 spiro atoms. The van der Waals surface area contributed by atoms with Crippen molar-refractivity contribution in [1.29, 1.82) is 0 Å². The second-order valence-electron chi connectivity index (χ2n) is 6.70. The van der Waals surface area contributed by atoms with Crippen LogP contribution in [0.5, 0.6) is 0 Å². The quantitative estimate of drug-likeness (QED) is 0.900. The number of carbonyl (C=O) groups excluding carboxylic acids is 1. The molecule has 1 aliphatic heterocycles. The lowest BCUT2D eigenvalue weighted by atomic mass is 9.92. The van der Waals surface area contributed by atoms with Gasteiger partial charge < -0.3 is 15.2 Å². The number of likely N-dealkylation sites (tertiary alicyclic amines) is 1. The minimum absolute atomic E-state index is 0.213. The Bertz CT molecular complexity index is 532. The highest BCUT2D eigenvalue weighted by Gasteiger charge is 2.39. The van der Waals surface area contributed by atoms with Crippen LogP contribution < -0.4 is 5.73 Å². The van der Waals surface area contributed by atoms with Crippen LogP contribution in [0.25, 0.3) is 0 Å². The Morgan fingerprint density at radius 2 is 1.95 bits per heavy atom. The zero-order chi connectivity index (χ0) is 13.7. The number of aromatic nitrogens is 1. The van der Waals surface area contributed by atoms with Crippen LogP contribution in [0.4, 0.5) is 5.69 Å². The first-order chi connectivity index (χ1) is 9.74. The standard InChI is InChI=1S/C16H23N3O/c17-12-9-15(19(10-12)13-6-7-13)16(20)18-8-2-4-11-3-1-5-14(11)18/h9-11,13-14H,1-8,17H2. The molecule has 2 aliphatic carbocycles. The molecule has 1 saturated heterocycles. The molecule has 0 bridgehead atoms. The molecule has 1 aromatic rings. The summed E-state index contributed by atoms with van der Waals surface area (Å²) in [6, 6.07) is 2.87. The van der Waals surface area contributed by atoms with Crippen molar-refractivity contribution in [2.75, 3.05) is 12.3 Å². The number of hydrogen-bond acceptors (Lipinski definition) is 2. The first-order valence-electron chi connectivity index (χ1n) is 8.02. The van der Waals surface area contributed by atoms with Gasteiger partial charge in [0.1, 0.15) is 5.69 Å². The van der Waals surface area contributed by atoms with E-state index in [1.807, 2.05) is 12.3 Å². The molecule has 108 valence electrons. The number of nitrogen functional groups attached to an aromatic ring is 1. The molecule has 3 fully saturated rings. The SMILES string of the molecule is Nc1cc(C(=O)N2CCCC3CCCC32)n(C2CC2)c1. The molecule has 0 aromatic carbocycles. The van der Waals surface area contributed by atoms with E-state index in [1.165, 1.54) is 38.5 Å². The fourth-order valence-electron chi connectivity index (χ4n) is 4.18. The van der Waals surface area contributed by atoms with Crippen molar-refractivity contribution in [1.82, 2.24) is 9.47 Å². The van der Waals surface area contributed by atoms with Gasteiger partial charge in [0, 0.05) is 24.8 Å². The summed E-state index contributed by atoms with van der Waals surface area (Å²) in [4.78, 5) is 15.1. The van der Waals surface area contributed by atoms with Crippen molar-refractivity contribution in [2.45, 2.75) is 57.0 Å². The molecule has 4 heteroatoms. The van der Waals surface area contributed by atoms with Crippen LogP contribution in [0, 0.1) is 5.92 Å². The van der Waals surface area contributed by atoms with Crippen molar-refractivity contribution >= 4 is 11.6 Å². The highest BCUT2D eigenvalue weighted by atomic mass is 16.2. The van der Waals surface area contributed by atoms with Crippen molar-refractivity contribution in [2.24, 2.45) is 5.92 Å². The second-order valence-corrected chi connectivity index (χ2v) is 6.70.